The average Bonchev–Trinajstić information content (AvgIpc) is 2.57. The average molecular weight is 326 g/mol. The van der Waals surface area contributed by atoms with Crippen molar-refractivity contribution in [2.45, 2.75) is 25.4 Å². The maximum atomic E-state index is 13.0. The van der Waals surface area contributed by atoms with Crippen LogP contribution in [0.2, 0.25) is 0 Å². The molecule has 24 heavy (non-hydrogen) atoms. The highest BCUT2D eigenvalue weighted by molar-refractivity contribution is 5.78. The molecule has 0 bridgehead atoms. The third kappa shape index (κ3) is 3.82. The molecule has 3 rings (SSSR count). The quantitative estimate of drug-likeness (QED) is 0.862. The first-order valence-corrected chi connectivity index (χ1v) is 8.28. The monoisotopic (exact) mass is 326 g/mol. The van der Waals surface area contributed by atoms with Gasteiger partial charge in [0.1, 0.15) is 5.82 Å². The van der Waals surface area contributed by atoms with Crippen molar-refractivity contribution in [3.8, 4) is 0 Å². The van der Waals surface area contributed by atoms with Crippen LogP contribution in [-0.4, -0.2) is 42.4 Å². The molecule has 3 nitrogen and oxygen atoms in total. The van der Waals surface area contributed by atoms with Gasteiger partial charge < -0.3 is 4.90 Å². The molecule has 2 aromatic carbocycles. The predicted octanol–water partition coefficient (Wildman–Crippen LogP) is 2.88. The molecule has 1 aliphatic rings. The summed E-state index contributed by atoms with van der Waals surface area (Å²) in [7, 11) is 3.96. The Labute approximate surface area is 142 Å². The molecule has 0 fully saturated rings. The van der Waals surface area contributed by atoms with Gasteiger partial charge in [-0.25, -0.2) is 4.39 Å². The standard InChI is InChI=1S/C20H23FN2O/c1-22-13-17-6-4-3-5-16(17)12-19(22)14-23(2)20(24)11-15-7-9-18(21)10-8-15/h3-10,19H,11-14H2,1-2H3/t19-/m0/s1. The van der Waals surface area contributed by atoms with Gasteiger partial charge in [0, 0.05) is 26.2 Å². The third-order valence-corrected chi connectivity index (χ3v) is 4.80. The molecule has 0 unspecified atom stereocenters. The van der Waals surface area contributed by atoms with E-state index in [0.717, 1.165) is 18.5 Å². The van der Waals surface area contributed by atoms with E-state index < -0.39 is 0 Å². The van der Waals surface area contributed by atoms with Crippen molar-refractivity contribution >= 4 is 5.91 Å². The summed E-state index contributed by atoms with van der Waals surface area (Å²) >= 11 is 0. The lowest BCUT2D eigenvalue weighted by Crippen LogP contribution is -2.46. The number of likely N-dealkylation sites (N-methyl/N-ethyl adjacent to an activating group) is 2. The van der Waals surface area contributed by atoms with Gasteiger partial charge in [0.05, 0.1) is 6.42 Å². The predicted molar refractivity (Wildman–Crippen MR) is 93.1 cm³/mol. The van der Waals surface area contributed by atoms with Crippen LogP contribution in [-0.2, 0) is 24.2 Å². The number of benzene rings is 2. The van der Waals surface area contributed by atoms with E-state index in [1.807, 2.05) is 7.05 Å². The number of rotatable bonds is 4. The topological polar surface area (TPSA) is 23.6 Å². The number of hydrogen-bond donors (Lipinski definition) is 0. The lowest BCUT2D eigenvalue weighted by Gasteiger charge is -2.36. The zero-order valence-electron chi connectivity index (χ0n) is 14.2. The summed E-state index contributed by atoms with van der Waals surface area (Å²) in [5.41, 5.74) is 3.59. The zero-order chi connectivity index (χ0) is 17.1. The number of hydrogen-bond acceptors (Lipinski definition) is 2. The lowest BCUT2D eigenvalue weighted by atomic mass is 9.94. The van der Waals surface area contributed by atoms with Crippen molar-refractivity contribution in [2.75, 3.05) is 20.6 Å². The largest absolute Gasteiger partial charge is 0.344 e. The van der Waals surface area contributed by atoms with Crippen LogP contribution in [0.1, 0.15) is 16.7 Å². The summed E-state index contributed by atoms with van der Waals surface area (Å²) in [5, 5.41) is 0. The molecule has 126 valence electrons. The minimum Gasteiger partial charge on any atom is -0.344 e. The van der Waals surface area contributed by atoms with Gasteiger partial charge in [-0.05, 0) is 42.3 Å². The summed E-state index contributed by atoms with van der Waals surface area (Å²) in [4.78, 5) is 16.5. The third-order valence-electron chi connectivity index (χ3n) is 4.80. The Hall–Kier alpha value is -2.20. The maximum absolute atomic E-state index is 13.0. The highest BCUT2D eigenvalue weighted by atomic mass is 19.1. The highest BCUT2D eigenvalue weighted by Gasteiger charge is 2.25. The first kappa shape index (κ1) is 16.7. The van der Waals surface area contributed by atoms with Gasteiger partial charge in [-0.2, -0.15) is 0 Å². The molecule has 1 atom stereocenters. The van der Waals surface area contributed by atoms with Crippen molar-refractivity contribution < 1.29 is 9.18 Å². The second kappa shape index (κ2) is 7.14. The summed E-state index contributed by atoms with van der Waals surface area (Å²) in [6.07, 6.45) is 1.27. The van der Waals surface area contributed by atoms with Crippen LogP contribution >= 0.6 is 0 Å². The Morgan fingerprint density at radius 3 is 2.54 bits per heavy atom. The molecule has 1 heterocycles. The SMILES string of the molecule is CN(C[C@@H]1Cc2ccccc2CN1C)C(=O)Cc1ccc(F)cc1. The Morgan fingerprint density at radius 2 is 1.83 bits per heavy atom. The highest BCUT2D eigenvalue weighted by Crippen LogP contribution is 2.22. The van der Waals surface area contributed by atoms with Crippen molar-refractivity contribution in [2.24, 2.45) is 0 Å². The molecule has 4 heteroatoms. The normalized spacial score (nSPS) is 17.4. The molecule has 2 aromatic rings. The van der Waals surface area contributed by atoms with Crippen molar-refractivity contribution in [1.29, 1.82) is 0 Å². The maximum Gasteiger partial charge on any atom is 0.226 e. The summed E-state index contributed by atoms with van der Waals surface area (Å²) < 4.78 is 13.0. The number of fused-ring (bicyclic) bond motifs is 1. The molecule has 1 amide bonds. The van der Waals surface area contributed by atoms with Gasteiger partial charge in [0.25, 0.3) is 0 Å². The van der Waals surface area contributed by atoms with Gasteiger partial charge in [-0.3, -0.25) is 9.69 Å². The van der Waals surface area contributed by atoms with Crippen LogP contribution in [0.5, 0.6) is 0 Å². The molecular formula is C20H23FN2O. The van der Waals surface area contributed by atoms with Gasteiger partial charge >= 0.3 is 0 Å². The first-order valence-electron chi connectivity index (χ1n) is 8.28. The molecule has 0 saturated heterocycles. The molecule has 1 aliphatic heterocycles. The van der Waals surface area contributed by atoms with E-state index in [2.05, 4.69) is 36.2 Å². The van der Waals surface area contributed by atoms with Crippen LogP contribution in [0.25, 0.3) is 0 Å². The van der Waals surface area contributed by atoms with E-state index in [9.17, 15) is 9.18 Å². The van der Waals surface area contributed by atoms with Crippen LogP contribution < -0.4 is 0 Å². The van der Waals surface area contributed by atoms with Gasteiger partial charge in [0.2, 0.25) is 5.91 Å². The fourth-order valence-electron chi connectivity index (χ4n) is 3.25. The summed E-state index contributed by atoms with van der Waals surface area (Å²) in [6.45, 7) is 1.62. The van der Waals surface area contributed by atoms with Crippen LogP contribution in [0.4, 0.5) is 4.39 Å². The Kier molecular flexibility index (Phi) is 4.95. The number of nitrogens with zero attached hydrogens (tertiary/aromatic N) is 2. The first-order chi connectivity index (χ1) is 11.5. The molecule has 0 N–H and O–H groups in total. The van der Waals surface area contributed by atoms with Gasteiger partial charge in [0.15, 0.2) is 0 Å². The van der Waals surface area contributed by atoms with Crippen molar-refractivity contribution in [3.05, 3.63) is 71.0 Å². The van der Waals surface area contributed by atoms with E-state index >= 15 is 0 Å². The molecule has 0 saturated carbocycles. The van der Waals surface area contributed by atoms with Crippen LogP contribution in [0.15, 0.2) is 48.5 Å². The molecule has 0 aromatic heterocycles. The van der Waals surface area contributed by atoms with Crippen LogP contribution in [0, 0.1) is 5.82 Å². The van der Waals surface area contributed by atoms with Gasteiger partial charge in [-0.1, -0.05) is 36.4 Å². The van der Waals surface area contributed by atoms with E-state index in [1.54, 1.807) is 17.0 Å². The lowest BCUT2D eigenvalue weighted by molar-refractivity contribution is -0.129. The molecule has 0 aliphatic carbocycles. The fourth-order valence-corrected chi connectivity index (χ4v) is 3.25. The second-order valence-corrected chi connectivity index (χ2v) is 6.62. The zero-order valence-corrected chi connectivity index (χ0v) is 14.2. The minimum absolute atomic E-state index is 0.0638. The number of halogens is 1. The summed E-state index contributed by atoms with van der Waals surface area (Å²) in [6, 6.07) is 15.0. The Balaban J connectivity index is 1.61. The molecule has 0 spiro atoms. The Morgan fingerprint density at radius 1 is 1.17 bits per heavy atom. The van der Waals surface area contributed by atoms with Gasteiger partial charge in [-0.15, -0.1) is 0 Å². The number of carbonyl (C=O) groups excluding carboxylic acids is 1. The molecular weight excluding hydrogens is 303 g/mol. The second-order valence-electron chi connectivity index (χ2n) is 6.62. The molecule has 0 radical (unpaired) electrons. The van der Waals surface area contributed by atoms with Crippen LogP contribution in [0.3, 0.4) is 0 Å². The number of carbonyl (C=O) groups is 1. The number of amides is 1. The Bertz CT molecular complexity index is 714. The van der Waals surface area contributed by atoms with Crippen molar-refractivity contribution in [1.82, 2.24) is 9.80 Å². The van der Waals surface area contributed by atoms with E-state index in [0.29, 0.717) is 19.0 Å². The van der Waals surface area contributed by atoms with E-state index in [4.69, 9.17) is 0 Å². The van der Waals surface area contributed by atoms with E-state index in [1.165, 1.54) is 23.3 Å². The fraction of sp³-hybridized carbons (Fsp3) is 0.350. The minimum atomic E-state index is -0.276. The summed E-state index contributed by atoms with van der Waals surface area (Å²) in [5.74, 6) is -0.212. The van der Waals surface area contributed by atoms with E-state index in [-0.39, 0.29) is 11.7 Å². The van der Waals surface area contributed by atoms with Crippen molar-refractivity contribution in [3.63, 3.8) is 0 Å². The smallest absolute Gasteiger partial charge is 0.226 e.